The molecule has 1 N–H and O–H groups in total. The van der Waals surface area contributed by atoms with E-state index in [1.54, 1.807) is 44.1 Å². The van der Waals surface area contributed by atoms with Gasteiger partial charge in [-0.05, 0) is 44.9 Å². The molecule has 0 unspecified atom stereocenters. The molecular weight excluding hydrogens is 368 g/mol. The van der Waals surface area contributed by atoms with Gasteiger partial charge in [-0.15, -0.1) is 0 Å². The second-order valence-corrected chi connectivity index (χ2v) is 7.53. The number of rotatable bonds is 4. The third-order valence-corrected chi connectivity index (χ3v) is 5.01. The van der Waals surface area contributed by atoms with Crippen molar-refractivity contribution in [1.29, 1.82) is 0 Å². The fourth-order valence-corrected chi connectivity index (χ4v) is 3.47. The lowest BCUT2D eigenvalue weighted by Gasteiger charge is -2.30. The zero-order valence-electron chi connectivity index (χ0n) is 16.6. The number of carbonyl (C=O) groups excluding carboxylic acids is 2. The first kappa shape index (κ1) is 18.8. The normalized spacial score (nSPS) is 13.3. The van der Waals surface area contributed by atoms with Crippen LogP contribution in [-0.4, -0.2) is 43.6 Å². The van der Waals surface area contributed by atoms with E-state index in [-0.39, 0.29) is 11.8 Å². The Labute approximate surface area is 168 Å². The molecule has 2 aromatic heterocycles. The van der Waals surface area contributed by atoms with Gasteiger partial charge in [-0.1, -0.05) is 18.2 Å². The van der Waals surface area contributed by atoms with E-state index in [0.29, 0.717) is 23.8 Å². The lowest BCUT2D eigenvalue weighted by atomic mass is 10.0. The number of aromatic nitrogens is 4. The molecule has 0 aliphatic carbocycles. The number of aryl methyl sites for hydroxylation is 1. The molecule has 4 rings (SSSR count). The highest BCUT2D eigenvalue weighted by Gasteiger charge is 2.37. The number of nitrogens with zero attached hydrogens (tertiary/aromatic N) is 5. The molecule has 29 heavy (non-hydrogen) atoms. The molecule has 0 saturated carbocycles. The fourth-order valence-electron chi connectivity index (χ4n) is 3.47. The van der Waals surface area contributed by atoms with Crippen molar-refractivity contribution in [2.24, 2.45) is 0 Å². The van der Waals surface area contributed by atoms with E-state index in [9.17, 15) is 9.59 Å². The summed E-state index contributed by atoms with van der Waals surface area (Å²) in [5, 5.41) is 6.93. The molecule has 8 nitrogen and oxygen atoms in total. The van der Waals surface area contributed by atoms with Crippen LogP contribution in [0.2, 0.25) is 0 Å². The zero-order chi connectivity index (χ0) is 20.6. The number of benzene rings is 1. The maximum Gasteiger partial charge on any atom is 0.255 e. The predicted octanol–water partition coefficient (Wildman–Crippen LogP) is 2.07. The quantitative estimate of drug-likeness (QED) is 0.736. The molecule has 1 aliphatic heterocycles. The van der Waals surface area contributed by atoms with Crippen molar-refractivity contribution >= 4 is 17.5 Å². The standard InChI is InChI=1S/C21H22N6O2/c1-14-16(13-22-20(24-14)27-11-6-10-23-27)18(28)25-21(2,3)19(29)26-12-9-15-7-4-5-8-17(15)26/h4-8,10-11,13H,9,12H2,1-3H3,(H,25,28). The summed E-state index contributed by atoms with van der Waals surface area (Å²) in [6.45, 7) is 5.76. The molecule has 0 spiro atoms. The van der Waals surface area contributed by atoms with E-state index >= 15 is 0 Å². The van der Waals surface area contributed by atoms with Crippen LogP contribution in [0.3, 0.4) is 0 Å². The molecule has 1 aliphatic rings. The first-order valence-corrected chi connectivity index (χ1v) is 9.43. The molecule has 0 saturated heterocycles. The maximum absolute atomic E-state index is 13.2. The summed E-state index contributed by atoms with van der Waals surface area (Å²) in [6, 6.07) is 9.61. The van der Waals surface area contributed by atoms with Gasteiger partial charge in [-0.3, -0.25) is 9.59 Å². The van der Waals surface area contributed by atoms with Crippen molar-refractivity contribution in [2.75, 3.05) is 11.4 Å². The summed E-state index contributed by atoms with van der Waals surface area (Å²) in [4.78, 5) is 36.3. The lowest BCUT2D eigenvalue weighted by Crippen LogP contribution is -2.56. The molecule has 2 amide bonds. The van der Waals surface area contributed by atoms with Gasteiger partial charge in [0.1, 0.15) is 5.54 Å². The minimum Gasteiger partial charge on any atom is -0.338 e. The molecule has 0 radical (unpaired) electrons. The van der Waals surface area contributed by atoms with Crippen molar-refractivity contribution in [1.82, 2.24) is 25.1 Å². The number of amides is 2. The van der Waals surface area contributed by atoms with Crippen LogP contribution in [-0.2, 0) is 11.2 Å². The number of fused-ring (bicyclic) bond motifs is 1. The zero-order valence-corrected chi connectivity index (χ0v) is 16.6. The average Bonchev–Trinajstić information content (AvgIpc) is 3.37. The Morgan fingerprint density at radius 3 is 2.69 bits per heavy atom. The van der Waals surface area contributed by atoms with Gasteiger partial charge in [0.05, 0.1) is 11.3 Å². The smallest absolute Gasteiger partial charge is 0.255 e. The molecule has 1 aromatic carbocycles. The largest absolute Gasteiger partial charge is 0.338 e. The first-order chi connectivity index (χ1) is 13.9. The summed E-state index contributed by atoms with van der Waals surface area (Å²) in [6.07, 6.45) is 5.63. The van der Waals surface area contributed by atoms with Gasteiger partial charge in [0.15, 0.2) is 0 Å². The van der Waals surface area contributed by atoms with Crippen LogP contribution in [0.5, 0.6) is 0 Å². The maximum atomic E-state index is 13.2. The molecule has 3 aromatic rings. The van der Waals surface area contributed by atoms with Crippen LogP contribution >= 0.6 is 0 Å². The Bertz CT molecular complexity index is 1070. The summed E-state index contributed by atoms with van der Waals surface area (Å²) in [7, 11) is 0. The van der Waals surface area contributed by atoms with E-state index in [1.807, 2.05) is 24.3 Å². The number of hydrogen-bond acceptors (Lipinski definition) is 5. The summed E-state index contributed by atoms with van der Waals surface area (Å²) < 4.78 is 1.52. The van der Waals surface area contributed by atoms with Crippen LogP contribution < -0.4 is 10.2 Å². The Kier molecular flexibility index (Phi) is 4.62. The van der Waals surface area contributed by atoms with Gasteiger partial charge in [-0.25, -0.2) is 14.6 Å². The molecule has 0 bridgehead atoms. The van der Waals surface area contributed by atoms with Crippen LogP contribution in [0.15, 0.2) is 48.9 Å². The van der Waals surface area contributed by atoms with Crippen LogP contribution in [0, 0.1) is 6.92 Å². The highest BCUT2D eigenvalue weighted by Crippen LogP contribution is 2.29. The second kappa shape index (κ2) is 7.12. The number of nitrogens with one attached hydrogen (secondary N) is 1. The lowest BCUT2D eigenvalue weighted by molar-refractivity contribution is -0.123. The van der Waals surface area contributed by atoms with Crippen LogP contribution in [0.4, 0.5) is 5.69 Å². The summed E-state index contributed by atoms with van der Waals surface area (Å²) in [5.74, 6) is -0.157. The minimum absolute atomic E-state index is 0.150. The number of para-hydroxylation sites is 1. The van der Waals surface area contributed by atoms with Gasteiger partial charge < -0.3 is 10.2 Å². The number of carbonyl (C=O) groups is 2. The van der Waals surface area contributed by atoms with Crippen LogP contribution in [0.1, 0.15) is 35.5 Å². The van der Waals surface area contributed by atoms with E-state index in [0.717, 1.165) is 17.7 Å². The predicted molar refractivity (Wildman–Crippen MR) is 108 cm³/mol. The SMILES string of the molecule is Cc1nc(-n2cccn2)ncc1C(=O)NC(C)(C)C(=O)N1CCc2ccccc21. The average molecular weight is 390 g/mol. The second-order valence-electron chi connectivity index (χ2n) is 7.53. The molecular formula is C21H22N6O2. The highest BCUT2D eigenvalue weighted by atomic mass is 16.2. The topological polar surface area (TPSA) is 93.0 Å². The van der Waals surface area contributed by atoms with Crippen molar-refractivity contribution < 1.29 is 9.59 Å². The van der Waals surface area contributed by atoms with Gasteiger partial charge in [0, 0.05) is 30.8 Å². The third kappa shape index (κ3) is 3.49. The summed E-state index contributed by atoms with van der Waals surface area (Å²) in [5.41, 5.74) is 1.80. The first-order valence-electron chi connectivity index (χ1n) is 9.43. The van der Waals surface area contributed by atoms with Gasteiger partial charge in [0.25, 0.3) is 17.8 Å². The molecule has 0 atom stereocenters. The monoisotopic (exact) mass is 390 g/mol. The van der Waals surface area contributed by atoms with E-state index in [2.05, 4.69) is 20.4 Å². The Morgan fingerprint density at radius 1 is 1.17 bits per heavy atom. The van der Waals surface area contributed by atoms with Crippen molar-refractivity contribution in [2.45, 2.75) is 32.7 Å². The highest BCUT2D eigenvalue weighted by molar-refractivity contribution is 6.05. The van der Waals surface area contributed by atoms with Crippen LogP contribution in [0.25, 0.3) is 5.95 Å². The van der Waals surface area contributed by atoms with Gasteiger partial charge in [-0.2, -0.15) is 5.10 Å². The van der Waals surface area contributed by atoms with E-state index in [1.165, 1.54) is 10.9 Å². The van der Waals surface area contributed by atoms with E-state index in [4.69, 9.17) is 0 Å². The van der Waals surface area contributed by atoms with Gasteiger partial charge in [0.2, 0.25) is 0 Å². The Balaban J connectivity index is 1.52. The van der Waals surface area contributed by atoms with E-state index < -0.39 is 5.54 Å². The third-order valence-electron chi connectivity index (χ3n) is 5.01. The Hall–Kier alpha value is -3.55. The molecule has 0 fully saturated rings. The van der Waals surface area contributed by atoms with Crippen molar-refractivity contribution in [3.05, 3.63) is 65.7 Å². The van der Waals surface area contributed by atoms with Gasteiger partial charge >= 0.3 is 0 Å². The summed E-state index contributed by atoms with van der Waals surface area (Å²) >= 11 is 0. The molecule has 148 valence electrons. The number of hydrogen-bond donors (Lipinski definition) is 1. The number of anilines is 1. The Morgan fingerprint density at radius 2 is 1.97 bits per heavy atom. The molecule has 3 heterocycles. The fraction of sp³-hybridized carbons (Fsp3) is 0.286. The molecule has 8 heteroatoms. The van der Waals surface area contributed by atoms with Crippen molar-refractivity contribution in [3.8, 4) is 5.95 Å². The van der Waals surface area contributed by atoms with Crippen molar-refractivity contribution in [3.63, 3.8) is 0 Å². The minimum atomic E-state index is -1.08.